The van der Waals surface area contributed by atoms with Gasteiger partial charge in [0.25, 0.3) is 0 Å². The topological polar surface area (TPSA) is 55.1 Å². The summed E-state index contributed by atoms with van der Waals surface area (Å²) in [6, 6.07) is 0.0223. The second-order valence-corrected chi connectivity index (χ2v) is 6.79. The average molecular weight is 268 g/mol. The van der Waals surface area contributed by atoms with Crippen LogP contribution in [-0.4, -0.2) is 18.0 Å². The molecular weight excluding hydrogens is 236 g/mol. The van der Waals surface area contributed by atoms with E-state index in [2.05, 4.69) is 33.0 Å². The van der Waals surface area contributed by atoms with Gasteiger partial charge in [-0.1, -0.05) is 40.5 Å². The van der Waals surface area contributed by atoms with Gasteiger partial charge in [-0.15, -0.1) is 0 Å². The van der Waals surface area contributed by atoms with Crippen LogP contribution < -0.4 is 11.1 Å². The van der Waals surface area contributed by atoms with Crippen molar-refractivity contribution in [2.45, 2.75) is 84.7 Å². The molecular formula is C16H32N2O. The molecule has 0 aromatic heterocycles. The van der Waals surface area contributed by atoms with Crippen molar-refractivity contribution in [3.05, 3.63) is 0 Å². The van der Waals surface area contributed by atoms with Crippen LogP contribution in [0.3, 0.4) is 0 Å². The molecule has 1 fully saturated rings. The lowest BCUT2D eigenvalue weighted by Crippen LogP contribution is -2.47. The Kier molecular flexibility index (Phi) is 6.31. The third-order valence-corrected chi connectivity index (χ3v) is 5.03. The third-order valence-electron chi connectivity index (χ3n) is 5.03. The Hall–Kier alpha value is -0.570. The number of amides is 1. The first kappa shape index (κ1) is 16.5. The minimum absolute atomic E-state index is 0.0417. The van der Waals surface area contributed by atoms with Crippen molar-refractivity contribution in [1.82, 2.24) is 5.32 Å². The maximum atomic E-state index is 11.9. The van der Waals surface area contributed by atoms with Crippen LogP contribution >= 0.6 is 0 Å². The summed E-state index contributed by atoms with van der Waals surface area (Å²) in [5.41, 5.74) is 6.29. The van der Waals surface area contributed by atoms with Crippen molar-refractivity contribution < 1.29 is 4.79 Å². The molecule has 1 aliphatic rings. The van der Waals surface area contributed by atoms with Crippen LogP contribution in [0, 0.1) is 11.3 Å². The summed E-state index contributed by atoms with van der Waals surface area (Å²) in [6.45, 7) is 9.07. The van der Waals surface area contributed by atoms with E-state index in [1.807, 2.05) is 0 Å². The van der Waals surface area contributed by atoms with Crippen molar-refractivity contribution in [1.29, 1.82) is 0 Å². The molecule has 1 aliphatic carbocycles. The van der Waals surface area contributed by atoms with Gasteiger partial charge in [0, 0.05) is 6.04 Å². The summed E-state index contributed by atoms with van der Waals surface area (Å²) in [6.07, 6.45) is 7.66. The largest absolute Gasteiger partial charge is 0.352 e. The maximum absolute atomic E-state index is 11.9. The summed E-state index contributed by atoms with van der Waals surface area (Å²) in [5, 5.41) is 3.13. The zero-order chi connectivity index (χ0) is 14.5. The van der Waals surface area contributed by atoms with Gasteiger partial charge in [-0.25, -0.2) is 0 Å². The van der Waals surface area contributed by atoms with E-state index in [1.165, 1.54) is 19.3 Å². The number of hydrogen-bond acceptors (Lipinski definition) is 2. The number of carbonyl (C=O) groups excluding carboxylic acids is 1. The first-order chi connectivity index (χ1) is 8.90. The summed E-state index contributed by atoms with van der Waals surface area (Å²) < 4.78 is 0. The molecule has 0 spiro atoms. The second kappa shape index (κ2) is 7.28. The van der Waals surface area contributed by atoms with Crippen LogP contribution in [0.15, 0.2) is 0 Å². The molecule has 19 heavy (non-hydrogen) atoms. The van der Waals surface area contributed by atoms with Gasteiger partial charge < -0.3 is 11.1 Å². The van der Waals surface area contributed by atoms with Crippen molar-refractivity contribution in [2.75, 3.05) is 0 Å². The average Bonchev–Trinajstić information content (AvgIpc) is 2.39. The Morgan fingerprint density at radius 2 is 1.84 bits per heavy atom. The zero-order valence-electron chi connectivity index (χ0n) is 13.2. The Morgan fingerprint density at radius 1 is 1.26 bits per heavy atom. The van der Waals surface area contributed by atoms with Crippen LogP contribution in [0.25, 0.3) is 0 Å². The van der Waals surface area contributed by atoms with Crippen LogP contribution in [0.1, 0.15) is 72.6 Å². The van der Waals surface area contributed by atoms with Gasteiger partial charge >= 0.3 is 0 Å². The molecule has 3 heteroatoms. The molecule has 1 saturated carbocycles. The smallest absolute Gasteiger partial charge is 0.237 e. The standard InChI is InChI=1S/C16H32N2O/c1-5-7-14(17)15(19)18-13-10-8-12(9-11-13)16(3,4)6-2/h12-14H,5-11,17H2,1-4H3,(H,18,19). The molecule has 1 atom stereocenters. The molecule has 0 saturated heterocycles. The molecule has 112 valence electrons. The Labute approximate surface area is 118 Å². The fourth-order valence-corrected chi connectivity index (χ4v) is 3.06. The predicted octanol–water partition coefficient (Wildman–Crippen LogP) is 3.23. The van der Waals surface area contributed by atoms with Gasteiger partial charge in [-0.2, -0.15) is 0 Å². The van der Waals surface area contributed by atoms with E-state index in [0.29, 0.717) is 11.5 Å². The molecule has 3 N–H and O–H groups in total. The molecule has 0 heterocycles. The molecule has 0 radical (unpaired) electrons. The second-order valence-electron chi connectivity index (χ2n) is 6.79. The SMILES string of the molecule is CCCC(N)C(=O)NC1CCC(C(C)(C)CC)CC1. The first-order valence-corrected chi connectivity index (χ1v) is 7.96. The van der Waals surface area contributed by atoms with E-state index >= 15 is 0 Å². The van der Waals surface area contributed by atoms with Crippen molar-refractivity contribution in [3.8, 4) is 0 Å². The van der Waals surface area contributed by atoms with Gasteiger partial charge in [0.1, 0.15) is 0 Å². The molecule has 1 unspecified atom stereocenters. The first-order valence-electron chi connectivity index (χ1n) is 7.96. The minimum atomic E-state index is -0.324. The highest BCUT2D eigenvalue weighted by Gasteiger charge is 2.32. The highest BCUT2D eigenvalue weighted by Crippen LogP contribution is 2.40. The van der Waals surface area contributed by atoms with E-state index in [-0.39, 0.29) is 11.9 Å². The quantitative estimate of drug-likeness (QED) is 0.777. The van der Waals surface area contributed by atoms with Crippen molar-refractivity contribution in [2.24, 2.45) is 17.1 Å². The van der Waals surface area contributed by atoms with Gasteiger partial charge in [0.15, 0.2) is 0 Å². The lowest BCUT2D eigenvalue weighted by Gasteiger charge is -2.39. The van der Waals surface area contributed by atoms with Crippen molar-refractivity contribution >= 4 is 5.91 Å². The van der Waals surface area contributed by atoms with Gasteiger partial charge in [-0.05, 0) is 43.4 Å². The highest BCUT2D eigenvalue weighted by atomic mass is 16.2. The fourth-order valence-electron chi connectivity index (χ4n) is 3.06. The van der Waals surface area contributed by atoms with Gasteiger partial charge in [0.2, 0.25) is 5.91 Å². The lowest BCUT2D eigenvalue weighted by molar-refractivity contribution is -0.123. The molecule has 0 bridgehead atoms. The maximum Gasteiger partial charge on any atom is 0.237 e. The zero-order valence-corrected chi connectivity index (χ0v) is 13.2. The Morgan fingerprint density at radius 3 is 2.32 bits per heavy atom. The number of hydrogen-bond donors (Lipinski definition) is 2. The lowest BCUT2D eigenvalue weighted by atomic mass is 9.69. The minimum Gasteiger partial charge on any atom is -0.352 e. The number of nitrogens with two attached hydrogens (primary N) is 1. The Balaban J connectivity index is 2.36. The fraction of sp³-hybridized carbons (Fsp3) is 0.938. The highest BCUT2D eigenvalue weighted by molar-refractivity contribution is 5.81. The monoisotopic (exact) mass is 268 g/mol. The third kappa shape index (κ3) is 4.79. The van der Waals surface area contributed by atoms with E-state index < -0.39 is 0 Å². The van der Waals surface area contributed by atoms with Crippen LogP contribution in [-0.2, 0) is 4.79 Å². The molecule has 0 aromatic rings. The van der Waals surface area contributed by atoms with Gasteiger partial charge in [0.05, 0.1) is 6.04 Å². The summed E-state index contributed by atoms with van der Waals surface area (Å²) in [5.74, 6) is 0.843. The molecule has 0 aliphatic heterocycles. The van der Waals surface area contributed by atoms with Crippen LogP contribution in [0.4, 0.5) is 0 Å². The summed E-state index contributed by atoms with van der Waals surface area (Å²) in [4.78, 5) is 11.9. The molecule has 0 aromatic carbocycles. The molecule has 3 nitrogen and oxygen atoms in total. The van der Waals surface area contributed by atoms with E-state index in [1.54, 1.807) is 0 Å². The van der Waals surface area contributed by atoms with Crippen molar-refractivity contribution in [3.63, 3.8) is 0 Å². The number of rotatable bonds is 6. The number of nitrogens with one attached hydrogen (secondary N) is 1. The number of carbonyl (C=O) groups is 1. The van der Waals surface area contributed by atoms with E-state index in [4.69, 9.17) is 5.73 Å². The van der Waals surface area contributed by atoms with Gasteiger partial charge in [-0.3, -0.25) is 4.79 Å². The van der Waals surface area contributed by atoms with Crippen LogP contribution in [0.2, 0.25) is 0 Å². The predicted molar refractivity (Wildman–Crippen MR) is 80.8 cm³/mol. The van der Waals surface area contributed by atoms with E-state index in [0.717, 1.165) is 31.6 Å². The molecule has 1 amide bonds. The summed E-state index contributed by atoms with van der Waals surface area (Å²) in [7, 11) is 0. The molecule has 1 rings (SSSR count). The van der Waals surface area contributed by atoms with Crippen LogP contribution in [0.5, 0.6) is 0 Å². The normalized spacial score (nSPS) is 25.9. The van der Waals surface area contributed by atoms with E-state index in [9.17, 15) is 4.79 Å². The summed E-state index contributed by atoms with van der Waals surface area (Å²) >= 11 is 0. The Bertz CT molecular complexity index is 280.